The van der Waals surface area contributed by atoms with Gasteiger partial charge in [0.1, 0.15) is 0 Å². The van der Waals surface area contributed by atoms with Crippen LogP contribution < -0.4 is 0 Å². The second-order valence-corrected chi connectivity index (χ2v) is 7.73. The molecule has 1 saturated heterocycles. The van der Waals surface area contributed by atoms with Gasteiger partial charge in [-0.15, -0.1) is 0 Å². The van der Waals surface area contributed by atoms with Crippen LogP contribution in [-0.2, 0) is 20.5 Å². The highest BCUT2D eigenvalue weighted by Crippen LogP contribution is 2.16. The van der Waals surface area contributed by atoms with E-state index in [9.17, 15) is 13.2 Å². The fourth-order valence-corrected chi connectivity index (χ4v) is 4.14. The summed E-state index contributed by atoms with van der Waals surface area (Å²) in [5, 5.41) is 0.575. The Morgan fingerprint density at radius 2 is 1.87 bits per heavy atom. The van der Waals surface area contributed by atoms with Crippen molar-refractivity contribution >= 4 is 27.7 Å². The number of halogens is 1. The summed E-state index contributed by atoms with van der Waals surface area (Å²) in [6, 6.07) is 6.78. The van der Waals surface area contributed by atoms with E-state index in [1.165, 1.54) is 4.31 Å². The molecule has 1 heterocycles. The molecule has 8 heteroatoms. The molecule has 1 aromatic rings. The number of ether oxygens (including phenoxy) is 1. The Labute approximate surface area is 142 Å². The van der Waals surface area contributed by atoms with E-state index in [1.54, 1.807) is 36.1 Å². The maximum absolute atomic E-state index is 12.6. The monoisotopic (exact) mass is 360 g/mol. The Morgan fingerprint density at radius 1 is 1.17 bits per heavy atom. The molecule has 6 nitrogen and oxygen atoms in total. The highest BCUT2D eigenvalue weighted by Gasteiger charge is 2.27. The molecule has 128 valence electrons. The lowest BCUT2D eigenvalue weighted by atomic mass is 10.2. The number of amides is 1. The van der Waals surface area contributed by atoms with Crippen LogP contribution >= 0.6 is 11.6 Å². The van der Waals surface area contributed by atoms with Crippen LogP contribution in [0.3, 0.4) is 0 Å². The number of nitrogens with zero attached hydrogens (tertiary/aromatic N) is 2. The predicted octanol–water partition coefficient (Wildman–Crippen LogP) is 2.33. The Bertz CT molecular complexity index is 633. The summed E-state index contributed by atoms with van der Waals surface area (Å²) in [5.74, 6) is -0.0659. The van der Waals surface area contributed by atoms with Crippen LogP contribution in [0, 0.1) is 0 Å². The lowest BCUT2D eigenvalue weighted by Crippen LogP contribution is -2.38. The highest BCUT2D eigenvalue weighted by molar-refractivity contribution is 7.88. The average molecular weight is 361 g/mol. The van der Waals surface area contributed by atoms with E-state index in [0.717, 1.165) is 0 Å². The van der Waals surface area contributed by atoms with Crippen LogP contribution in [0.1, 0.15) is 18.9 Å². The summed E-state index contributed by atoms with van der Waals surface area (Å²) >= 11 is 5.82. The van der Waals surface area contributed by atoms with Crippen molar-refractivity contribution in [1.29, 1.82) is 0 Å². The molecule has 0 aliphatic carbocycles. The minimum atomic E-state index is -3.42. The molecule has 0 bridgehead atoms. The van der Waals surface area contributed by atoms with Crippen LogP contribution in [0.15, 0.2) is 24.3 Å². The maximum atomic E-state index is 12.6. The van der Waals surface area contributed by atoms with E-state index in [2.05, 4.69) is 0 Å². The van der Waals surface area contributed by atoms with Crippen molar-refractivity contribution in [3.63, 3.8) is 0 Å². The minimum absolute atomic E-state index is 0.0659. The van der Waals surface area contributed by atoms with Gasteiger partial charge in [-0.2, -0.15) is 4.31 Å². The van der Waals surface area contributed by atoms with Crippen LogP contribution in [0.25, 0.3) is 0 Å². The summed E-state index contributed by atoms with van der Waals surface area (Å²) in [4.78, 5) is 13.3. The van der Waals surface area contributed by atoms with Crippen molar-refractivity contribution in [2.24, 2.45) is 0 Å². The van der Waals surface area contributed by atoms with Gasteiger partial charge in [-0.25, -0.2) is 13.2 Å². The first-order valence-corrected chi connectivity index (χ1v) is 9.55. The third-order valence-corrected chi connectivity index (χ3v) is 5.74. The molecule has 2 rings (SSSR count). The van der Waals surface area contributed by atoms with Crippen LogP contribution in [0.4, 0.5) is 4.79 Å². The predicted molar refractivity (Wildman–Crippen MR) is 88.9 cm³/mol. The second kappa shape index (κ2) is 7.99. The highest BCUT2D eigenvalue weighted by atomic mass is 35.5. The normalized spacial score (nSPS) is 16.9. The van der Waals surface area contributed by atoms with Gasteiger partial charge < -0.3 is 9.64 Å². The van der Waals surface area contributed by atoms with E-state index < -0.39 is 10.0 Å². The van der Waals surface area contributed by atoms with Gasteiger partial charge in [0.2, 0.25) is 10.0 Å². The summed E-state index contributed by atoms with van der Waals surface area (Å²) in [5.41, 5.74) is 0.695. The largest absolute Gasteiger partial charge is 0.450 e. The first kappa shape index (κ1) is 18.0. The van der Waals surface area contributed by atoms with Crippen LogP contribution in [0.5, 0.6) is 0 Å². The lowest BCUT2D eigenvalue weighted by molar-refractivity contribution is 0.109. The SMILES string of the molecule is CCOC(=O)N1CCCN(S(=O)(=O)Cc2ccc(Cl)cc2)CC1. The first-order chi connectivity index (χ1) is 10.9. The molecule has 1 aromatic carbocycles. The molecule has 1 amide bonds. The van der Waals surface area contributed by atoms with Crippen molar-refractivity contribution in [1.82, 2.24) is 9.21 Å². The molecular weight excluding hydrogens is 340 g/mol. The van der Waals surface area contributed by atoms with E-state index in [1.807, 2.05) is 0 Å². The fraction of sp³-hybridized carbons (Fsp3) is 0.533. The van der Waals surface area contributed by atoms with Crippen molar-refractivity contribution in [3.05, 3.63) is 34.9 Å². The van der Waals surface area contributed by atoms with Gasteiger partial charge in [0.15, 0.2) is 0 Å². The number of carbonyl (C=O) groups is 1. The standard InChI is InChI=1S/C15H21ClN2O4S/c1-2-22-15(19)17-8-3-9-18(11-10-17)23(20,21)12-13-4-6-14(16)7-5-13/h4-7H,2-3,8-12H2,1H3. The Morgan fingerprint density at radius 3 is 2.52 bits per heavy atom. The summed E-state index contributed by atoms with van der Waals surface area (Å²) < 4.78 is 31.5. The molecular formula is C15H21ClN2O4S. The molecule has 0 spiro atoms. The number of carbonyl (C=O) groups excluding carboxylic acids is 1. The van der Waals surface area contributed by atoms with Gasteiger partial charge in [0.25, 0.3) is 0 Å². The molecule has 0 atom stereocenters. The fourth-order valence-electron chi connectivity index (χ4n) is 2.45. The number of benzene rings is 1. The first-order valence-electron chi connectivity index (χ1n) is 7.56. The van der Waals surface area contributed by atoms with Crippen molar-refractivity contribution in [2.45, 2.75) is 19.1 Å². The van der Waals surface area contributed by atoms with Gasteiger partial charge in [-0.3, -0.25) is 0 Å². The second-order valence-electron chi connectivity index (χ2n) is 5.32. The smallest absolute Gasteiger partial charge is 0.409 e. The zero-order chi connectivity index (χ0) is 16.9. The van der Waals surface area contributed by atoms with Gasteiger partial charge in [-0.1, -0.05) is 23.7 Å². The van der Waals surface area contributed by atoms with Crippen molar-refractivity contribution in [3.8, 4) is 0 Å². The quantitative estimate of drug-likeness (QED) is 0.826. The zero-order valence-electron chi connectivity index (χ0n) is 13.1. The average Bonchev–Trinajstić information content (AvgIpc) is 2.76. The van der Waals surface area contributed by atoms with Crippen LogP contribution in [-0.4, -0.2) is 56.5 Å². The third kappa shape index (κ3) is 5.09. The molecule has 0 N–H and O–H groups in total. The molecule has 0 unspecified atom stereocenters. The van der Waals surface area contributed by atoms with Gasteiger partial charge in [-0.05, 0) is 31.0 Å². The maximum Gasteiger partial charge on any atom is 0.409 e. The summed E-state index contributed by atoms with van der Waals surface area (Å²) in [6.07, 6.45) is 0.211. The van der Waals surface area contributed by atoms with Gasteiger partial charge in [0, 0.05) is 31.2 Å². The number of sulfonamides is 1. The van der Waals surface area contributed by atoms with Gasteiger partial charge >= 0.3 is 6.09 Å². The van der Waals surface area contributed by atoms with Crippen molar-refractivity contribution in [2.75, 3.05) is 32.8 Å². The Hall–Kier alpha value is -1.31. The van der Waals surface area contributed by atoms with Crippen molar-refractivity contribution < 1.29 is 17.9 Å². The topological polar surface area (TPSA) is 66.9 Å². The zero-order valence-corrected chi connectivity index (χ0v) is 14.6. The summed E-state index contributed by atoms with van der Waals surface area (Å²) in [6.45, 7) is 3.61. The summed E-state index contributed by atoms with van der Waals surface area (Å²) in [7, 11) is -3.42. The third-order valence-electron chi connectivity index (χ3n) is 3.64. The van der Waals surface area contributed by atoms with E-state index in [-0.39, 0.29) is 18.4 Å². The molecule has 23 heavy (non-hydrogen) atoms. The number of hydrogen-bond acceptors (Lipinski definition) is 4. The minimum Gasteiger partial charge on any atom is -0.450 e. The molecule has 0 radical (unpaired) electrons. The molecule has 1 aliphatic heterocycles. The molecule has 1 fully saturated rings. The van der Waals surface area contributed by atoms with E-state index in [0.29, 0.717) is 43.2 Å². The number of rotatable bonds is 4. The van der Waals surface area contributed by atoms with Gasteiger partial charge in [0.05, 0.1) is 12.4 Å². The lowest BCUT2D eigenvalue weighted by Gasteiger charge is -2.21. The molecule has 0 saturated carbocycles. The van der Waals surface area contributed by atoms with E-state index in [4.69, 9.17) is 16.3 Å². The Balaban J connectivity index is 2.00. The Kier molecular flexibility index (Phi) is 6.26. The van der Waals surface area contributed by atoms with Crippen LogP contribution in [0.2, 0.25) is 5.02 Å². The van der Waals surface area contributed by atoms with E-state index >= 15 is 0 Å². The molecule has 0 aromatic heterocycles. The number of hydrogen-bond donors (Lipinski definition) is 0. The molecule has 1 aliphatic rings.